The first kappa shape index (κ1) is 10.5. The molecule has 3 unspecified atom stereocenters. The maximum atomic E-state index is 4.49. The zero-order chi connectivity index (χ0) is 12.1. The molecule has 3 atom stereocenters. The van der Waals surface area contributed by atoms with E-state index in [-0.39, 0.29) is 0 Å². The number of rotatable bonds is 3. The highest BCUT2D eigenvalue weighted by Crippen LogP contribution is 2.57. The minimum absolute atomic E-state index is 0.581. The van der Waals surface area contributed by atoms with E-state index in [9.17, 15) is 0 Å². The largest absolute Gasteiger partial charge is 0.357 e. The van der Waals surface area contributed by atoms with Crippen molar-refractivity contribution in [1.82, 2.24) is 9.36 Å². The van der Waals surface area contributed by atoms with E-state index in [1.165, 1.54) is 23.5 Å². The fourth-order valence-corrected chi connectivity index (χ4v) is 3.84. The molecule has 2 aromatic rings. The Morgan fingerprint density at radius 1 is 1.39 bits per heavy atom. The lowest BCUT2D eigenvalue weighted by atomic mass is 10.1. The van der Waals surface area contributed by atoms with Crippen molar-refractivity contribution in [2.75, 3.05) is 5.32 Å². The fraction of sp³-hybridized carbons (Fsp3) is 0.429. The summed E-state index contributed by atoms with van der Waals surface area (Å²) in [6.45, 7) is 2.09. The summed E-state index contributed by atoms with van der Waals surface area (Å²) in [4.78, 5) is 4.49. The summed E-state index contributed by atoms with van der Waals surface area (Å²) in [5, 5.41) is 4.55. The quantitative estimate of drug-likeness (QED) is 0.918. The Labute approximate surface area is 110 Å². The molecule has 18 heavy (non-hydrogen) atoms. The summed E-state index contributed by atoms with van der Waals surface area (Å²) in [6, 6.07) is 9.41. The molecule has 1 N–H and O–H groups in total. The van der Waals surface area contributed by atoms with Crippen LogP contribution in [0.3, 0.4) is 0 Å². The molecule has 4 heteroatoms. The predicted molar refractivity (Wildman–Crippen MR) is 73.1 cm³/mol. The van der Waals surface area contributed by atoms with Crippen LogP contribution < -0.4 is 5.32 Å². The molecule has 1 saturated carbocycles. The van der Waals surface area contributed by atoms with E-state index in [1.54, 1.807) is 5.56 Å². The van der Waals surface area contributed by atoms with Gasteiger partial charge in [0.25, 0.3) is 0 Å². The molecule has 1 heterocycles. The molecule has 1 aromatic carbocycles. The first-order valence-electron chi connectivity index (χ1n) is 6.53. The highest BCUT2D eigenvalue weighted by atomic mass is 32.1. The molecule has 2 aliphatic carbocycles. The number of aromatic nitrogens is 2. The molecule has 92 valence electrons. The molecule has 0 radical (unpaired) electrons. The van der Waals surface area contributed by atoms with Crippen molar-refractivity contribution in [3.05, 3.63) is 41.2 Å². The molecule has 4 rings (SSSR count). The van der Waals surface area contributed by atoms with E-state index < -0.39 is 0 Å². The monoisotopic (exact) mass is 257 g/mol. The van der Waals surface area contributed by atoms with Gasteiger partial charge in [-0.15, -0.1) is 0 Å². The van der Waals surface area contributed by atoms with E-state index in [1.807, 2.05) is 0 Å². The van der Waals surface area contributed by atoms with E-state index in [0.717, 1.165) is 23.3 Å². The van der Waals surface area contributed by atoms with Gasteiger partial charge in [-0.3, -0.25) is 0 Å². The van der Waals surface area contributed by atoms with Crippen LogP contribution in [0.1, 0.15) is 29.8 Å². The van der Waals surface area contributed by atoms with Crippen LogP contribution in [0.2, 0.25) is 0 Å². The highest BCUT2D eigenvalue weighted by Gasteiger charge is 2.55. The Morgan fingerprint density at radius 3 is 3.11 bits per heavy atom. The molecule has 0 bridgehead atoms. The zero-order valence-corrected chi connectivity index (χ0v) is 11.1. The Hall–Kier alpha value is -1.42. The number of fused-ring (bicyclic) bond motifs is 3. The van der Waals surface area contributed by atoms with Crippen molar-refractivity contribution in [2.45, 2.75) is 31.7 Å². The first-order chi connectivity index (χ1) is 8.86. The molecule has 0 saturated heterocycles. The average Bonchev–Trinajstić information content (AvgIpc) is 2.81. The Morgan fingerprint density at radius 2 is 2.28 bits per heavy atom. The molecular formula is C14H15N3S. The van der Waals surface area contributed by atoms with Crippen molar-refractivity contribution in [1.29, 1.82) is 0 Å². The van der Waals surface area contributed by atoms with Crippen LogP contribution in [-0.2, 0) is 12.8 Å². The lowest BCUT2D eigenvalue weighted by molar-refractivity contribution is 0.823. The topological polar surface area (TPSA) is 37.8 Å². The minimum atomic E-state index is 0.581. The predicted octanol–water partition coefficient (Wildman–Crippen LogP) is 2.85. The second-order valence-corrected chi connectivity index (χ2v) is 5.88. The third kappa shape index (κ3) is 1.48. The van der Waals surface area contributed by atoms with Crippen molar-refractivity contribution < 1.29 is 0 Å². The number of anilines is 1. The first-order valence-corrected chi connectivity index (χ1v) is 7.31. The summed E-state index contributed by atoms with van der Waals surface area (Å²) in [6.07, 6.45) is 2.14. The number of benzene rings is 1. The number of hydrogen-bond donors (Lipinski definition) is 1. The van der Waals surface area contributed by atoms with Crippen molar-refractivity contribution >= 4 is 16.7 Å². The summed E-state index contributed by atoms with van der Waals surface area (Å²) >= 11 is 1.49. The van der Waals surface area contributed by atoms with Crippen molar-refractivity contribution in [2.24, 2.45) is 5.92 Å². The van der Waals surface area contributed by atoms with Gasteiger partial charge in [0, 0.05) is 29.9 Å². The van der Waals surface area contributed by atoms with E-state index in [4.69, 9.17) is 0 Å². The summed E-state index contributed by atoms with van der Waals surface area (Å²) in [5.41, 5.74) is 3.08. The van der Waals surface area contributed by atoms with Gasteiger partial charge in [-0.05, 0) is 23.5 Å². The van der Waals surface area contributed by atoms with Gasteiger partial charge in [0.15, 0.2) is 0 Å². The van der Waals surface area contributed by atoms with Crippen LogP contribution in [0.4, 0.5) is 5.13 Å². The Balaban J connectivity index is 1.51. The van der Waals surface area contributed by atoms with Gasteiger partial charge >= 0.3 is 0 Å². The lowest BCUT2D eigenvalue weighted by Gasteiger charge is -2.07. The zero-order valence-electron chi connectivity index (χ0n) is 10.3. The maximum Gasteiger partial charge on any atom is 0.202 e. The molecule has 1 fully saturated rings. The van der Waals surface area contributed by atoms with Crippen molar-refractivity contribution in [3.63, 3.8) is 0 Å². The van der Waals surface area contributed by atoms with Gasteiger partial charge in [0.2, 0.25) is 5.13 Å². The summed E-state index contributed by atoms with van der Waals surface area (Å²) in [5.74, 6) is 2.43. The van der Waals surface area contributed by atoms with E-state index in [0.29, 0.717) is 12.0 Å². The maximum absolute atomic E-state index is 4.49. The van der Waals surface area contributed by atoms with E-state index >= 15 is 0 Å². The van der Waals surface area contributed by atoms with Gasteiger partial charge in [-0.25, -0.2) is 4.98 Å². The van der Waals surface area contributed by atoms with Crippen LogP contribution in [0, 0.1) is 5.92 Å². The van der Waals surface area contributed by atoms with Gasteiger partial charge in [0.1, 0.15) is 5.82 Å². The van der Waals surface area contributed by atoms with Crippen LogP contribution in [0.5, 0.6) is 0 Å². The SMILES string of the molecule is CCc1nsc(NC2C3Cc4ccccc4C32)n1. The second kappa shape index (κ2) is 3.79. The molecule has 0 spiro atoms. The summed E-state index contributed by atoms with van der Waals surface area (Å²) < 4.78 is 4.32. The van der Waals surface area contributed by atoms with Crippen molar-refractivity contribution in [3.8, 4) is 0 Å². The van der Waals surface area contributed by atoms with Gasteiger partial charge in [0.05, 0.1) is 0 Å². The molecule has 0 aliphatic heterocycles. The van der Waals surface area contributed by atoms with Crippen LogP contribution in [-0.4, -0.2) is 15.4 Å². The normalized spacial score (nSPS) is 27.7. The fourth-order valence-electron chi connectivity index (χ4n) is 3.15. The highest BCUT2D eigenvalue weighted by molar-refractivity contribution is 7.09. The number of hydrogen-bond acceptors (Lipinski definition) is 4. The standard InChI is InChI=1S/C14H15N3S/c1-2-11-15-14(18-17-11)16-13-10-7-8-5-3-4-6-9(8)12(10)13/h3-6,10,12-13H,2,7H2,1H3,(H,15,16,17). The Kier molecular flexibility index (Phi) is 2.21. The number of nitrogens with one attached hydrogen (secondary N) is 1. The molecule has 3 nitrogen and oxygen atoms in total. The van der Waals surface area contributed by atoms with Crippen LogP contribution in [0.15, 0.2) is 24.3 Å². The molecular weight excluding hydrogens is 242 g/mol. The van der Waals surface area contributed by atoms with Gasteiger partial charge in [-0.2, -0.15) is 4.37 Å². The number of nitrogens with zero attached hydrogens (tertiary/aromatic N) is 2. The third-order valence-corrected chi connectivity index (χ3v) is 4.80. The lowest BCUT2D eigenvalue weighted by Crippen LogP contribution is -2.09. The number of aryl methyl sites for hydroxylation is 1. The average molecular weight is 257 g/mol. The Bertz CT molecular complexity index is 592. The van der Waals surface area contributed by atoms with Gasteiger partial charge < -0.3 is 5.32 Å². The van der Waals surface area contributed by atoms with E-state index in [2.05, 4.69) is 45.9 Å². The smallest absolute Gasteiger partial charge is 0.202 e. The molecule has 1 aromatic heterocycles. The minimum Gasteiger partial charge on any atom is -0.357 e. The van der Waals surface area contributed by atoms with Gasteiger partial charge in [-0.1, -0.05) is 31.2 Å². The van der Waals surface area contributed by atoms with Crippen LogP contribution in [0.25, 0.3) is 0 Å². The summed E-state index contributed by atoms with van der Waals surface area (Å²) in [7, 11) is 0. The second-order valence-electron chi connectivity index (χ2n) is 5.13. The third-order valence-electron chi connectivity index (χ3n) is 4.11. The van der Waals surface area contributed by atoms with Crippen LogP contribution >= 0.6 is 11.5 Å². The molecule has 2 aliphatic rings. The molecule has 0 amide bonds.